The van der Waals surface area contributed by atoms with E-state index in [1.165, 1.54) is 0 Å². The van der Waals surface area contributed by atoms with E-state index in [2.05, 4.69) is 12.1 Å². The van der Waals surface area contributed by atoms with Gasteiger partial charge in [0.1, 0.15) is 0 Å². The van der Waals surface area contributed by atoms with Gasteiger partial charge in [0, 0.05) is 18.7 Å². The molecule has 1 amide bonds. The molecule has 1 atom stereocenters. The first-order valence-corrected chi connectivity index (χ1v) is 7.30. The number of benzene rings is 2. The Labute approximate surface area is 125 Å². The highest BCUT2D eigenvalue weighted by atomic mass is 16.5. The molecule has 108 valence electrons. The second kappa shape index (κ2) is 6.10. The fourth-order valence-electron chi connectivity index (χ4n) is 2.65. The lowest BCUT2D eigenvalue weighted by Gasteiger charge is -2.31. The zero-order valence-electron chi connectivity index (χ0n) is 12.2. The summed E-state index contributed by atoms with van der Waals surface area (Å²) in [5.41, 5.74) is 2.94. The SMILES string of the molecule is CC1CN(C(=O)c2cccc(-c3ccccc3)c2)CCO1. The van der Waals surface area contributed by atoms with Crippen molar-refractivity contribution in [3.63, 3.8) is 0 Å². The lowest BCUT2D eigenvalue weighted by Crippen LogP contribution is -2.44. The van der Waals surface area contributed by atoms with Gasteiger partial charge < -0.3 is 9.64 Å². The third kappa shape index (κ3) is 3.14. The van der Waals surface area contributed by atoms with E-state index in [4.69, 9.17) is 4.74 Å². The molecule has 0 N–H and O–H groups in total. The van der Waals surface area contributed by atoms with E-state index in [1.54, 1.807) is 0 Å². The fourth-order valence-corrected chi connectivity index (χ4v) is 2.65. The predicted octanol–water partition coefficient (Wildman–Crippen LogP) is 3.21. The smallest absolute Gasteiger partial charge is 0.254 e. The second-order valence-corrected chi connectivity index (χ2v) is 5.38. The molecule has 1 saturated heterocycles. The van der Waals surface area contributed by atoms with Crippen LogP contribution in [0.5, 0.6) is 0 Å². The predicted molar refractivity (Wildman–Crippen MR) is 83.2 cm³/mol. The highest BCUT2D eigenvalue weighted by Crippen LogP contribution is 2.21. The summed E-state index contributed by atoms with van der Waals surface area (Å²) in [6.45, 7) is 3.94. The van der Waals surface area contributed by atoms with Crippen LogP contribution in [0.3, 0.4) is 0 Å². The van der Waals surface area contributed by atoms with E-state index in [0.717, 1.165) is 16.7 Å². The molecule has 1 aliphatic heterocycles. The number of nitrogens with zero attached hydrogens (tertiary/aromatic N) is 1. The molecule has 21 heavy (non-hydrogen) atoms. The highest BCUT2D eigenvalue weighted by molar-refractivity contribution is 5.95. The Morgan fingerprint density at radius 3 is 2.62 bits per heavy atom. The molecular weight excluding hydrogens is 262 g/mol. The van der Waals surface area contributed by atoms with Crippen molar-refractivity contribution in [2.45, 2.75) is 13.0 Å². The Kier molecular flexibility index (Phi) is 4.02. The van der Waals surface area contributed by atoms with Gasteiger partial charge in [0.25, 0.3) is 5.91 Å². The lowest BCUT2D eigenvalue weighted by atomic mass is 10.0. The standard InChI is InChI=1S/C18H19NO2/c1-14-13-19(10-11-21-14)18(20)17-9-5-8-16(12-17)15-6-3-2-4-7-15/h2-9,12,14H,10-11,13H2,1H3. The van der Waals surface area contributed by atoms with Crippen molar-refractivity contribution in [2.75, 3.05) is 19.7 Å². The molecule has 1 heterocycles. The number of hydrogen-bond donors (Lipinski definition) is 0. The zero-order chi connectivity index (χ0) is 14.7. The van der Waals surface area contributed by atoms with Crippen molar-refractivity contribution in [1.82, 2.24) is 4.90 Å². The summed E-state index contributed by atoms with van der Waals surface area (Å²) >= 11 is 0. The van der Waals surface area contributed by atoms with E-state index >= 15 is 0 Å². The lowest BCUT2D eigenvalue weighted by molar-refractivity contribution is -0.0124. The molecule has 1 unspecified atom stereocenters. The van der Waals surface area contributed by atoms with Crippen molar-refractivity contribution in [3.05, 3.63) is 60.2 Å². The molecule has 2 aromatic carbocycles. The molecule has 0 aromatic heterocycles. The van der Waals surface area contributed by atoms with Crippen LogP contribution < -0.4 is 0 Å². The van der Waals surface area contributed by atoms with Crippen molar-refractivity contribution < 1.29 is 9.53 Å². The number of carbonyl (C=O) groups is 1. The number of ether oxygens (including phenoxy) is 1. The van der Waals surface area contributed by atoms with E-state index in [1.807, 2.05) is 54.3 Å². The molecule has 0 bridgehead atoms. The minimum atomic E-state index is 0.0860. The van der Waals surface area contributed by atoms with E-state index < -0.39 is 0 Å². The minimum Gasteiger partial charge on any atom is -0.375 e. The van der Waals surface area contributed by atoms with Crippen molar-refractivity contribution in [1.29, 1.82) is 0 Å². The average Bonchev–Trinajstić information content (AvgIpc) is 2.55. The van der Waals surface area contributed by atoms with Crippen molar-refractivity contribution in [2.24, 2.45) is 0 Å². The summed E-state index contributed by atoms with van der Waals surface area (Å²) in [6.07, 6.45) is 0.111. The maximum atomic E-state index is 12.6. The van der Waals surface area contributed by atoms with Crippen LogP contribution in [0, 0.1) is 0 Å². The van der Waals surface area contributed by atoms with Crippen LogP contribution in [0.4, 0.5) is 0 Å². The van der Waals surface area contributed by atoms with Crippen molar-refractivity contribution in [3.8, 4) is 11.1 Å². The third-order valence-electron chi connectivity index (χ3n) is 3.74. The van der Waals surface area contributed by atoms with Crippen LogP contribution in [-0.4, -0.2) is 36.6 Å². The molecule has 0 saturated carbocycles. The van der Waals surface area contributed by atoms with Gasteiger partial charge in [0.05, 0.1) is 12.7 Å². The van der Waals surface area contributed by atoms with E-state index in [9.17, 15) is 4.79 Å². The zero-order valence-corrected chi connectivity index (χ0v) is 12.2. The minimum absolute atomic E-state index is 0.0860. The fraction of sp³-hybridized carbons (Fsp3) is 0.278. The largest absolute Gasteiger partial charge is 0.375 e. The molecule has 0 aliphatic carbocycles. The Bertz CT molecular complexity index is 624. The first kappa shape index (κ1) is 13.8. The van der Waals surface area contributed by atoms with Gasteiger partial charge in [-0.05, 0) is 30.2 Å². The molecule has 3 nitrogen and oxygen atoms in total. The van der Waals surface area contributed by atoms with Gasteiger partial charge in [0.2, 0.25) is 0 Å². The van der Waals surface area contributed by atoms with Gasteiger partial charge in [-0.15, -0.1) is 0 Å². The maximum Gasteiger partial charge on any atom is 0.254 e. The van der Waals surface area contributed by atoms with Gasteiger partial charge in [-0.3, -0.25) is 4.79 Å². The van der Waals surface area contributed by atoms with Crippen LogP contribution in [0.25, 0.3) is 11.1 Å². The Morgan fingerprint density at radius 2 is 1.86 bits per heavy atom. The number of amides is 1. The first-order chi connectivity index (χ1) is 10.2. The summed E-state index contributed by atoms with van der Waals surface area (Å²) < 4.78 is 5.49. The topological polar surface area (TPSA) is 29.5 Å². The van der Waals surface area contributed by atoms with E-state index in [-0.39, 0.29) is 12.0 Å². The molecule has 1 aliphatic rings. The number of carbonyl (C=O) groups excluding carboxylic acids is 1. The second-order valence-electron chi connectivity index (χ2n) is 5.38. The average molecular weight is 281 g/mol. The molecule has 2 aromatic rings. The monoisotopic (exact) mass is 281 g/mol. The Hall–Kier alpha value is -2.13. The van der Waals surface area contributed by atoms with Crippen LogP contribution in [0.1, 0.15) is 17.3 Å². The molecule has 1 fully saturated rings. The summed E-state index contributed by atoms with van der Waals surface area (Å²) in [7, 11) is 0. The van der Waals surface area contributed by atoms with Crippen LogP contribution >= 0.6 is 0 Å². The molecule has 0 radical (unpaired) electrons. The normalized spacial score (nSPS) is 18.5. The van der Waals surface area contributed by atoms with Crippen molar-refractivity contribution >= 4 is 5.91 Å². The van der Waals surface area contributed by atoms with Crippen LogP contribution in [-0.2, 0) is 4.74 Å². The van der Waals surface area contributed by atoms with Gasteiger partial charge in [-0.25, -0.2) is 0 Å². The highest BCUT2D eigenvalue weighted by Gasteiger charge is 2.22. The van der Waals surface area contributed by atoms with Gasteiger partial charge in [-0.2, -0.15) is 0 Å². The van der Waals surface area contributed by atoms with Gasteiger partial charge in [-0.1, -0.05) is 42.5 Å². The third-order valence-corrected chi connectivity index (χ3v) is 3.74. The van der Waals surface area contributed by atoms with Crippen LogP contribution in [0.2, 0.25) is 0 Å². The van der Waals surface area contributed by atoms with Gasteiger partial charge >= 0.3 is 0 Å². The molecular formula is C18H19NO2. The summed E-state index contributed by atoms with van der Waals surface area (Å²) in [4.78, 5) is 14.5. The number of hydrogen-bond acceptors (Lipinski definition) is 2. The Balaban J connectivity index is 1.84. The number of morpholine rings is 1. The maximum absolute atomic E-state index is 12.6. The first-order valence-electron chi connectivity index (χ1n) is 7.30. The number of rotatable bonds is 2. The quantitative estimate of drug-likeness (QED) is 0.846. The molecule has 3 rings (SSSR count). The molecule has 3 heteroatoms. The summed E-state index contributed by atoms with van der Waals surface area (Å²) in [6, 6.07) is 18.0. The summed E-state index contributed by atoms with van der Waals surface area (Å²) in [5, 5.41) is 0. The Morgan fingerprint density at radius 1 is 1.10 bits per heavy atom. The molecule has 0 spiro atoms. The summed E-state index contributed by atoms with van der Waals surface area (Å²) in [5.74, 6) is 0.0860. The van der Waals surface area contributed by atoms with Crippen LogP contribution in [0.15, 0.2) is 54.6 Å². The van der Waals surface area contributed by atoms with E-state index in [0.29, 0.717) is 19.7 Å². The van der Waals surface area contributed by atoms with Gasteiger partial charge in [0.15, 0.2) is 0 Å².